The minimum atomic E-state index is -3.36. The van der Waals surface area contributed by atoms with Gasteiger partial charge in [0.1, 0.15) is 9.90 Å². The summed E-state index contributed by atoms with van der Waals surface area (Å²) in [5.41, 5.74) is 5.69. The molecule has 6 nitrogen and oxygen atoms in total. The second kappa shape index (κ2) is 6.35. The number of nitrogens with zero attached hydrogens (tertiary/aromatic N) is 2. The van der Waals surface area contributed by atoms with Crippen molar-refractivity contribution in [2.75, 3.05) is 43.2 Å². The Hall–Kier alpha value is -0.860. The summed E-state index contributed by atoms with van der Waals surface area (Å²) in [7, 11) is -1.75. The van der Waals surface area contributed by atoms with Crippen LogP contribution in [-0.2, 0) is 14.6 Å². The molecule has 18 heavy (non-hydrogen) atoms. The quantitative estimate of drug-likeness (QED) is 0.807. The van der Waals surface area contributed by atoms with Crippen LogP contribution in [0.1, 0.15) is 13.8 Å². The SMILES string of the molecule is CCN(CCOC)c1snc(N)c1S(=O)(=O)CC. The van der Waals surface area contributed by atoms with Gasteiger partial charge in [-0.2, -0.15) is 4.37 Å². The first-order valence-electron chi connectivity index (χ1n) is 5.69. The highest BCUT2D eigenvalue weighted by Crippen LogP contribution is 2.35. The highest BCUT2D eigenvalue weighted by molar-refractivity contribution is 7.91. The molecule has 0 saturated carbocycles. The van der Waals surface area contributed by atoms with Crippen LogP contribution in [0.3, 0.4) is 0 Å². The highest BCUT2D eigenvalue weighted by atomic mass is 32.2. The molecule has 0 atom stereocenters. The van der Waals surface area contributed by atoms with Gasteiger partial charge in [-0.3, -0.25) is 0 Å². The maximum Gasteiger partial charge on any atom is 0.184 e. The third kappa shape index (κ3) is 3.12. The zero-order valence-electron chi connectivity index (χ0n) is 10.8. The Balaban J connectivity index is 3.17. The molecule has 0 amide bonds. The second-order valence-corrected chi connectivity index (χ2v) is 6.64. The van der Waals surface area contributed by atoms with Gasteiger partial charge in [0.25, 0.3) is 0 Å². The number of hydrogen-bond acceptors (Lipinski definition) is 7. The molecule has 0 aliphatic rings. The zero-order valence-corrected chi connectivity index (χ0v) is 12.5. The first kappa shape index (κ1) is 15.2. The van der Waals surface area contributed by atoms with Crippen molar-refractivity contribution in [3.05, 3.63) is 0 Å². The normalized spacial score (nSPS) is 11.7. The molecule has 0 aromatic carbocycles. The third-order valence-corrected chi connectivity index (χ3v) is 5.42. The van der Waals surface area contributed by atoms with E-state index >= 15 is 0 Å². The van der Waals surface area contributed by atoms with E-state index in [0.29, 0.717) is 24.7 Å². The largest absolute Gasteiger partial charge is 0.383 e. The standard InChI is InChI=1S/C10H19N3O3S2/c1-4-13(6-7-16-3)10-8(9(11)12-17-10)18(14,15)5-2/h4-7H2,1-3H3,(H2,11,12). The number of likely N-dealkylation sites (N-methyl/N-ethyl adjacent to an activating group) is 1. The Morgan fingerprint density at radius 3 is 2.61 bits per heavy atom. The van der Waals surface area contributed by atoms with E-state index in [9.17, 15) is 8.42 Å². The molecular weight excluding hydrogens is 274 g/mol. The fourth-order valence-corrected chi connectivity index (χ4v) is 3.93. The summed E-state index contributed by atoms with van der Waals surface area (Å²) in [5, 5.41) is 0.605. The highest BCUT2D eigenvalue weighted by Gasteiger charge is 2.26. The van der Waals surface area contributed by atoms with Crippen molar-refractivity contribution in [2.45, 2.75) is 18.7 Å². The molecular formula is C10H19N3O3S2. The molecule has 1 heterocycles. The molecule has 1 aromatic rings. The molecule has 0 bridgehead atoms. The van der Waals surface area contributed by atoms with Gasteiger partial charge in [0.15, 0.2) is 15.7 Å². The third-order valence-electron chi connectivity index (χ3n) is 2.58. The summed E-state index contributed by atoms with van der Waals surface area (Å²) in [5.74, 6) is 0.109. The Labute approximate surface area is 112 Å². The predicted molar refractivity (Wildman–Crippen MR) is 74.0 cm³/mol. The van der Waals surface area contributed by atoms with Crippen LogP contribution in [0.2, 0.25) is 0 Å². The number of sulfone groups is 1. The lowest BCUT2D eigenvalue weighted by Crippen LogP contribution is -2.27. The van der Waals surface area contributed by atoms with Gasteiger partial charge in [0.2, 0.25) is 0 Å². The van der Waals surface area contributed by atoms with Gasteiger partial charge in [0, 0.05) is 20.2 Å². The monoisotopic (exact) mass is 293 g/mol. The summed E-state index contributed by atoms with van der Waals surface area (Å²) in [6.07, 6.45) is 0. The van der Waals surface area contributed by atoms with Crippen molar-refractivity contribution in [2.24, 2.45) is 0 Å². The van der Waals surface area contributed by atoms with Crippen LogP contribution in [0, 0.1) is 0 Å². The van der Waals surface area contributed by atoms with Gasteiger partial charge in [-0.1, -0.05) is 6.92 Å². The number of aromatic nitrogens is 1. The molecule has 2 N–H and O–H groups in total. The van der Waals surface area contributed by atoms with Crippen LogP contribution in [0.5, 0.6) is 0 Å². The van der Waals surface area contributed by atoms with E-state index in [1.807, 2.05) is 11.8 Å². The zero-order chi connectivity index (χ0) is 13.8. The van der Waals surface area contributed by atoms with Crippen LogP contribution in [-0.4, -0.2) is 45.4 Å². The van der Waals surface area contributed by atoms with Crippen molar-refractivity contribution in [3.63, 3.8) is 0 Å². The Morgan fingerprint density at radius 1 is 1.44 bits per heavy atom. The molecule has 0 unspecified atom stereocenters. The smallest absolute Gasteiger partial charge is 0.184 e. The van der Waals surface area contributed by atoms with E-state index in [-0.39, 0.29) is 16.5 Å². The predicted octanol–water partition coefficient (Wildman–Crippen LogP) is 0.992. The van der Waals surface area contributed by atoms with E-state index in [2.05, 4.69) is 4.37 Å². The van der Waals surface area contributed by atoms with Gasteiger partial charge >= 0.3 is 0 Å². The van der Waals surface area contributed by atoms with Crippen LogP contribution in [0.25, 0.3) is 0 Å². The van der Waals surface area contributed by atoms with Gasteiger partial charge in [-0.25, -0.2) is 8.42 Å². The first-order valence-corrected chi connectivity index (χ1v) is 8.12. The summed E-state index contributed by atoms with van der Waals surface area (Å²) in [6, 6.07) is 0. The Bertz CT molecular complexity index is 485. The molecule has 8 heteroatoms. The minimum absolute atomic E-state index is 0.0183. The van der Waals surface area contributed by atoms with E-state index in [0.717, 1.165) is 11.5 Å². The lowest BCUT2D eigenvalue weighted by atomic mass is 10.5. The molecule has 104 valence electrons. The minimum Gasteiger partial charge on any atom is -0.383 e. The number of hydrogen-bond donors (Lipinski definition) is 1. The number of anilines is 2. The van der Waals surface area contributed by atoms with Crippen LogP contribution in [0.4, 0.5) is 10.8 Å². The molecule has 0 spiro atoms. The van der Waals surface area contributed by atoms with E-state index in [1.165, 1.54) is 0 Å². The van der Waals surface area contributed by atoms with Crippen LogP contribution in [0.15, 0.2) is 4.90 Å². The molecule has 0 aliphatic heterocycles. The maximum absolute atomic E-state index is 12.0. The first-order chi connectivity index (χ1) is 8.47. The number of ether oxygens (including phenoxy) is 1. The number of rotatable bonds is 7. The lowest BCUT2D eigenvalue weighted by Gasteiger charge is -2.21. The molecule has 0 aliphatic carbocycles. The molecule has 0 radical (unpaired) electrons. The van der Waals surface area contributed by atoms with E-state index < -0.39 is 9.84 Å². The van der Waals surface area contributed by atoms with Gasteiger partial charge in [-0.05, 0) is 18.5 Å². The molecule has 0 saturated heterocycles. The lowest BCUT2D eigenvalue weighted by molar-refractivity contribution is 0.205. The van der Waals surface area contributed by atoms with Crippen molar-refractivity contribution in [1.29, 1.82) is 0 Å². The van der Waals surface area contributed by atoms with E-state index in [4.69, 9.17) is 10.5 Å². The topological polar surface area (TPSA) is 85.5 Å². The summed E-state index contributed by atoms with van der Waals surface area (Å²) < 4.78 is 33.0. The van der Waals surface area contributed by atoms with Gasteiger partial charge < -0.3 is 15.4 Å². The van der Waals surface area contributed by atoms with Gasteiger partial charge in [-0.15, -0.1) is 0 Å². The number of nitrogens with two attached hydrogens (primary N) is 1. The molecule has 0 fully saturated rings. The Kier molecular flexibility index (Phi) is 5.36. The molecule has 1 aromatic heterocycles. The van der Waals surface area contributed by atoms with Crippen molar-refractivity contribution in [1.82, 2.24) is 4.37 Å². The maximum atomic E-state index is 12.0. The fraction of sp³-hybridized carbons (Fsp3) is 0.700. The van der Waals surface area contributed by atoms with Crippen molar-refractivity contribution >= 4 is 32.2 Å². The summed E-state index contributed by atoms with van der Waals surface area (Å²) in [6.45, 7) is 5.37. The fourth-order valence-electron chi connectivity index (χ4n) is 1.53. The van der Waals surface area contributed by atoms with Crippen molar-refractivity contribution < 1.29 is 13.2 Å². The van der Waals surface area contributed by atoms with E-state index in [1.54, 1.807) is 14.0 Å². The number of methoxy groups -OCH3 is 1. The second-order valence-electron chi connectivity index (χ2n) is 3.68. The average molecular weight is 293 g/mol. The average Bonchev–Trinajstić information content (AvgIpc) is 2.73. The van der Waals surface area contributed by atoms with Crippen molar-refractivity contribution in [3.8, 4) is 0 Å². The molecule has 1 rings (SSSR count). The van der Waals surface area contributed by atoms with Crippen LogP contribution < -0.4 is 10.6 Å². The summed E-state index contributed by atoms with van der Waals surface area (Å²) in [4.78, 5) is 2.08. The Morgan fingerprint density at radius 2 is 2.11 bits per heavy atom. The van der Waals surface area contributed by atoms with Crippen LogP contribution >= 0.6 is 11.5 Å². The summed E-state index contributed by atoms with van der Waals surface area (Å²) >= 11 is 1.12. The number of nitrogen functional groups attached to an aromatic ring is 1. The van der Waals surface area contributed by atoms with Gasteiger partial charge in [0.05, 0.1) is 12.4 Å².